The smallest absolute Gasteiger partial charge is 0.374 e. The summed E-state index contributed by atoms with van der Waals surface area (Å²) in [6, 6.07) is -0.615. The van der Waals surface area contributed by atoms with E-state index in [0.717, 1.165) is 19.4 Å². The maximum atomic E-state index is 13.2. The Hall–Kier alpha value is -3.58. The van der Waals surface area contributed by atoms with Gasteiger partial charge in [0.2, 0.25) is 11.7 Å². The molecule has 180 valence electrons. The monoisotopic (exact) mass is 471 g/mol. The molecule has 2 fully saturated rings. The minimum atomic E-state index is -1.26. The van der Waals surface area contributed by atoms with Crippen LogP contribution in [0, 0.1) is 0 Å². The van der Waals surface area contributed by atoms with Gasteiger partial charge in [0, 0.05) is 13.1 Å². The second kappa shape index (κ2) is 8.65. The lowest BCUT2D eigenvalue weighted by Gasteiger charge is -2.45. The number of amides is 2. The van der Waals surface area contributed by atoms with Crippen LogP contribution in [0.2, 0.25) is 0 Å². The number of aromatic carboxylic acids is 1. The van der Waals surface area contributed by atoms with Gasteiger partial charge in [-0.2, -0.15) is 0 Å². The van der Waals surface area contributed by atoms with Gasteiger partial charge in [-0.3, -0.25) is 10.2 Å². The molecule has 13 heteroatoms. The lowest BCUT2D eigenvalue weighted by Crippen LogP contribution is -2.56. The molecule has 2 atom stereocenters. The minimum Gasteiger partial charge on any atom is -0.475 e. The summed E-state index contributed by atoms with van der Waals surface area (Å²) in [5.41, 5.74) is 0.632. The highest BCUT2D eigenvalue weighted by Gasteiger charge is 2.39. The van der Waals surface area contributed by atoms with Crippen LogP contribution in [0.15, 0.2) is 18.6 Å². The van der Waals surface area contributed by atoms with Crippen LogP contribution in [0.1, 0.15) is 37.3 Å². The molecule has 3 aliphatic heterocycles. The Morgan fingerprint density at radius 3 is 2.82 bits per heavy atom. The molecule has 0 spiro atoms. The highest BCUT2D eigenvalue weighted by atomic mass is 16.7. The normalized spacial score (nSPS) is 22.8. The van der Waals surface area contributed by atoms with Gasteiger partial charge in [-0.25, -0.2) is 29.5 Å². The highest BCUT2D eigenvalue weighted by molar-refractivity contribution is 6.04. The molecule has 3 aliphatic rings. The number of urea groups is 1. The van der Waals surface area contributed by atoms with E-state index in [1.54, 1.807) is 0 Å². The molecule has 5 heterocycles. The van der Waals surface area contributed by atoms with E-state index in [9.17, 15) is 14.7 Å². The standard InChI is InChI=1S/C21H25N7O6/c1-21(2)33-11-13(34-21)10-32-16-8-22-15(7-23-16)25-20(31)28-12-4-3-5-27(9-12)14-6-24-17(19(29)30)26-18(14)28/h6-8,12-13H,3-5,9-11H2,1-2H3,(H,29,30)(H,22,25,31)/t12?,13-/m0/s1. The van der Waals surface area contributed by atoms with Crippen LogP contribution in [0.4, 0.5) is 22.1 Å². The molecule has 34 heavy (non-hydrogen) atoms. The van der Waals surface area contributed by atoms with Crippen molar-refractivity contribution in [2.45, 2.75) is 44.6 Å². The number of hydrogen-bond acceptors (Lipinski definition) is 10. The number of hydrogen-bond donors (Lipinski definition) is 2. The molecule has 0 aromatic carbocycles. The SMILES string of the molecule is CC1(C)OC[C@H](COc2cnc(NC(=O)N3c4nc(C(=O)O)ncc4N4CCCC3C4)cn2)O1. The maximum absolute atomic E-state index is 13.2. The van der Waals surface area contributed by atoms with Crippen molar-refractivity contribution in [2.24, 2.45) is 0 Å². The van der Waals surface area contributed by atoms with E-state index in [-0.39, 0.29) is 42.1 Å². The molecule has 13 nitrogen and oxygen atoms in total. The quantitative estimate of drug-likeness (QED) is 0.653. The predicted octanol–water partition coefficient (Wildman–Crippen LogP) is 1.52. The Bertz CT molecular complexity index is 1100. The Kier molecular flexibility index (Phi) is 5.65. The number of aromatic nitrogens is 4. The molecule has 0 radical (unpaired) electrons. The third-order valence-corrected chi connectivity index (χ3v) is 5.84. The molecule has 2 N–H and O–H groups in total. The van der Waals surface area contributed by atoms with Crippen LogP contribution in [0.3, 0.4) is 0 Å². The van der Waals surface area contributed by atoms with Gasteiger partial charge in [-0.05, 0) is 26.7 Å². The molecule has 5 rings (SSSR count). The van der Waals surface area contributed by atoms with Gasteiger partial charge >= 0.3 is 12.0 Å². The average molecular weight is 471 g/mol. The van der Waals surface area contributed by atoms with Gasteiger partial charge < -0.3 is 24.2 Å². The second-order valence-electron chi connectivity index (χ2n) is 8.75. The average Bonchev–Trinajstić information content (AvgIpc) is 3.17. The summed E-state index contributed by atoms with van der Waals surface area (Å²) in [5, 5.41) is 12.0. The second-order valence-corrected chi connectivity index (χ2v) is 8.75. The number of nitrogens with zero attached hydrogens (tertiary/aromatic N) is 6. The summed E-state index contributed by atoms with van der Waals surface area (Å²) in [4.78, 5) is 44.7. The van der Waals surface area contributed by atoms with Crippen molar-refractivity contribution in [3.05, 3.63) is 24.4 Å². The van der Waals surface area contributed by atoms with E-state index in [4.69, 9.17) is 14.2 Å². The van der Waals surface area contributed by atoms with Gasteiger partial charge in [-0.15, -0.1) is 0 Å². The van der Waals surface area contributed by atoms with Gasteiger partial charge in [-0.1, -0.05) is 0 Å². The van der Waals surface area contributed by atoms with Crippen molar-refractivity contribution >= 4 is 29.3 Å². The Labute approximate surface area is 195 Å². The molecule has 1 unspecified atom stereocenters. The van der Waals surface area contributed by atoms with Crippen LogP contribution in [-0.4, -0.2) is 81.3 Å². The molecule has 0 aliphatic carbocycles. The zero-order chi connectivity index (χ0) is 23.9. The van der Waals surface area contributed by atoms with Crippen molar-refractivity contribution < 1.29 is 28.9 Å². The first-order valence-electron chi connectivity index (χ1n) is 11.0. The van der Waals surface area contributed by atoms with Crippen molar-refractivity contribution in [2.75, 3.05) is 41.4 Å². The number of carbonyl (C=O) groups excluding carboxylic acids is 1. The Morgan fingerprint density at radius 2 is 2.12 bits per heavy atom. The van der Waals surface area contributed by atoms with Crippen molar-refractivity contribution in [1.29, 1.82) is 0 Å². The lowest BCUT2D eigenvalue weighted by molar-refractivity contribution is -0.141. The largest absolute Gasteiger partial charge is 0.475 e. The van der Waals surface area contributed by atoms with E-state index in [1.807, 2.05) is 13.8 Å². The maximum Gasteiger partial charge on any atom is 0.374 e. The van der Waals surface area contributed by atoms with Crippen LogP contribution in [0.25, 0.3) is 0 Å². The molecule has 0 saturated carbocycles. The number of ether oxygens (including phenoxy) is 3. The number of carbonyl (C=O) groups is 2. The zero-order valence-electron chi connectivity index (χ0n) is 18.8. The number of rotatable bonds is 5. The summed E-state index contributed by atoms with van der Waals surface area (Å²) in [6.07, 6.45) is 5.73. The van der Waals surface area contributed by atoms with Crippen LogP contribution in [-0.2, 0) is 9.47 Å². The molecule has 2 amide bonds. The first-order chi connectivity index (χ1) is 16.3. The fraction of sp³-hybridized carbons (Fsp3) is 0.524. The molecule has 2 aromatic rings. The van der Waals surface area contributed by atoms with Crippen molar-refractivity contribution in [3.63, 3.8) is 0 Å². The Balaban J connectivity index is 1.28. The predicted molar refractivity (Wildman–Crippen MR) is 118 cm³/mol. The molecule has 2 aromatic heterocycles. The number of carboxylic acid groups (broad SMARTS) is 1. The third-order valence-electron chi connectivity index (χ3n) is 5.84. The van der Waals surface area contributed by atoms with Gasteiger partial charge in [0.15, 0.2) is 17.4 Å². The molecule has 2 bridgehead atoms. The number of nitrogens with one attached hydrogen (secondary N) is 1. The summed E-state index contributed by atoms with van der Waals surface area (Å²) in [5.74, 6) is -1.46. The van der Waals surface area contributed by atoms with Crippen molar-refractivity contribution in [1.82, 2.24) is 19.9 Å². The van der Waals surface area contributed by atoms with Crippen LogP contribution >= 0.6 is 0 Å². The van der Waals surface area contributed by atoms with E-state index in [1.165, 1.54) is 23.5 Å². The number of anilines is 3. The molecular weight excluding hydrogens is 446 g/mol. The number of piperidine rings is 1. The fourth-order valence-electron chi connectivity index (χ4n) is 4.34. The van der Waals surface area contributed by atoms with Gasteiger partial charge in [0.25, 0.3) is 0 Å². The highest BCUT2D eigenvalue weighted by Crippen LogP contribution is 2.37. The van der Waals surface area contributed by atoms with Crippen LogP contribution in [0.5, 0.6) is 5.88 Å². The number of carboxylic acids is 1. The molecular formula is C21H25N7O6. The van der Waals surface area contributed by atoms with Crippen LogP contribution < -0.4 is 19.9 Å². The van der Waals surface area contributed by atoms with E-state index >= 15 is 0 Å². The summed E-state index contributed by atoms with van der Waals surface area (Å²) in [6.45, 7) is 5.79. The fourth-order valence-corrected chi connectivity index (χ4v) is 4.34. The van der Waals surface area contributed by atoms with E-state index in [2.05, 4.69) is 30.2 Å². The minimum absolute atomic E-state index is 0.147. The third kappa shape index (κ3) is 4.43. The van der Waals surface area contributed by atoms with E-state index < -0.39 is 17.8 Å². The first kappa shape index (κ1) is 22.2. The topological polar surface area (TPSA) is 152 Å². The van der Waals surface area contributed by atoms with Gasteiger partial charge in [0.1, 0.15) is 12.7 Å². The van der Waals surface area contributed by atoms with Gasteiger partial charge in [0.05, 0.1) is 36.9 Å². The number of fused-ring (bicyclic) bond motifs is 4. The Morgan fingerprint density at radius 1 is 1.26 bits per heavy atom. The summed E-state index contributed by atoms with van der Waals surface area (Å²) in [7, 11) is 0. The van der Waals surface area contributed by atoms with Crippen molar-refractivity contribution in [3.8, 4) is 5.88 Å². The zero-order valence-corrected chi connectivity index (χ0v) is 18.8. The summed E-state index contributed by atoms with van der Waals surface area (Å²) < 4.78 is 16.8. The first-order valence-corrected chi connectivity index (χ1v) is 11.0. The lowest BCUT2D eigenvalue weighted by atomic mass is 10.0. The molecule has 2 saturated heterocycles. The summed E-state index contributed by atoms with van der Waals surface area (Å²) >= 11 is 0. The van der Waals surface area contributed by atoms with E-state index in [0.29, 0.717) is 18.8 Å².